The zero-order valence-electron chi connectivity index (χ0n) is 11.6. The Bertz CT molecular complexity index is 660. The zero-order valence-corrected chi connectivity index (χ0v) is 11.6. The van der Waals surface area contributed by atoms with Crippen molar-refractivity contribution in [2.45, 2.75) is 0 Å². The summed E-state index contributed by atoms with van der Waals surface area (Å²) in [6.45, 7) is 0. The molecule has 0 aromatic heterocycles. The van der Waals surface area contributed by atoms with E-state index in [-0.39, 0.29) is 22.7 Å². The largest absolute Gasteiger partial charge is 0.494 e. The van der Waals surface area contributed by atoms with Crippen LogP contribution in [0.3, 0.4) is 0 Å². The first-order valence-electron chi connectivity index (χ1n) is 6.19. The molecule has 2 aromatic carbocycles. The highest BCUT2D eigenvalue weighted by Crippen LogP contribution is 2.34. The fourth-order valence-corrected chi connectivity index (χ4v) is 1.86. The molecule has 110 valence electrons. The molecule has 0 atom stereocenters. The number of nitrogens with two attached hydrogens (primary N) is 1. The number of ether oxygens (including phenoxy) is 2. The number of carbonyl (C=O) groups is 1. The molecule has 6 heteroatoms. The maximum Gasteiger partial charge on any atom is 0.346 e. The lowest BCUT2D eigenvalue weighted by Gasteiger charge is -2.14. The van der Waals surface area contributed by atoms with Crippen molar-refractivity contribution >= 4 is 17.3 Å². The molecule has 0 radical (unpaired) electrons. The summed E-state index contributed by atoms with van der Waals surface area (Å²) in [6, 6.07) is 9.62. The van der Waals surface area contributed by atoms with Crippen molar-refractivity contribution in [3.8, 4) is 11.5 Å². The van der Waals surface area contributed by atoms with Crippen LogP contribution >= 0.6 is 0 Å². The highest BCUT2D eigenvalue weighted by atomic mass is 19.1. The van der Waals surface area contributed by atoms with Crippen LogP contribution in [0.25, 0.3) is 0 Å². The van der Waals surface area contributed by atoms with E-state index in [1.165, 1.54) is 20.2 Å². The molecular weight excluding hydrogens is 275 g/mol. The summed E-state index contributed by atoms with van der Waals surface area (Å²) in [5.41, 5.74) is 5.58. The van der Waals surface area contributed by atoms with Crippen LogP contribution in [0.5, 0.6) is 11.5 Å². The minimum Gasteiger partial charge on any atom is -0.494 e. The number of anilines is 2. The molecule has 0 amide bonds. The van der Waals surface area contributed by atoms with Gasteiger partial charge in [-0.25, -0.2) is 9.18 Å². The van der Waals surface area contributed by atoms with Crippen LogP contribution in [-0.4, -0.2) is 20.1 Å². The number of nitrogen functional groups attached to an aromatic ring is 1. The lowest BCUT2D eigenvalue weighted by Crippen LogP contribution is -2.14. The second-order valence-electron chi connectivity index (χ2n) is 4.18. The molecule has 2 aromatic rings. The maximum atomic E-state index is 14.3. The molecule has 0 saturated carbocycles. The predicted octanol–water partition coefficient (Wildman–Crippen LogP) is 2.68. The number of esters is 1. The van der Waals surface area contributed by atoms with Crippen LogP contribution in [-0.2, 0) is 0 Å². The Morgan fingerprint density at radius 3 is 2.52 bits per heavy atom. The lowest BCUT2D eigenvalue weighted by atomic mass is 10.1. The highest BCUT2D eigenvalue weighted by molar-refractivity contribution is 5.95. The summed E-state index contributed by atoms with van der Waals surface area (Å²) in [6.07, 6.45) is 0. The molecule has 0 heterocycles. The monoisotopic (exact) mass is 290 g/mol. The van der Waals surface area contributed by atoms with Gasteiger partial charge < -0.3 is 20.5 Å². The number of carbonyl (C=O) groups excluding carboxylic acids is 1. The fraction of sp³-hybridized carbons (Fsp3) is 0.133. The van der Waals surface area contributed by atoms with E-state index in [2.05, 4.69) is 5.32 Å². The summed E-state index contributed by atoms with van der Waals surface area (Å²) >= 11 is 0. The number of benzene rings is 2. The van der Waals surface area contributed by atoms with Crippen molar-refractivity contribution in [1.29, 1.82) is 0 Å². The maximum absolute atomic E-state index is 14.3. The lowest BCUT2D eigenvalue weighted by molar-refractivity contribution is 0.0729. The molecule has 0 unspecified atom stereocenters. The van der Waals surface area contributed by atoms with Gasteiger partial charge in [0.1, 0.15) is 22.7 Å². The Hall–Kier alpha value is -2.76. The normalized spacial score (nSPS) is 10.0. The SMILES string of the molecule is CNc1c(N)c(OC)cc(C(=O)Oc2ccccc2)c1F. The van der Waals surface area contributed by atoms with Crippen molar-refractivity contribution in [3.63, 3.8) is 0 Å². The van der Waals surface area contributed by atoms with Crippen LogP contribution in [0.2, 0.25) is 0 Å². The van der Waals surface area contributed by atoms with E-state index in [0.717, 1.165) is 0 Å². The average molecular weight is 290 g/mol. The fourth-order valence-electron chi connectivity index (χ4n) is 1.86. The first-order valence-corrected chi connectivity index (χ1v) is 6.19. The van der Waals surface area contributed by atoms with Gasteiger partial charge >= 0.3 is 5.97 Å². The summed E-state index contributed by atoms with van der Waals surface area (Å²) in [4.78, 5) is 12.1. The minimum atomic E-state index is -0.825. The number of nitrogens with one attached hydrogen (secondary N) is 1. The van der Waals surface area contributed by atoms with E-state index < -0.39 is 11.8 Å². The van der Waals surface area contributed by atoms with Crippen LogP contribution in [0.1, 0.15) is 10.4 Å². The van der Waals surface area contributed by atoms with Crippen molar-refractivity contribution < 1.29 is 18.7 Å². The number of hydrogen-bond acceptors (Lipinski definition) is 5. The standard InChI is InChI=1S/C15H15FN2O3/c1-18-14-12(16)10(8-11(20-2)13(14)17)15(19)21-9-6-4-3-5-7-9/h3-8,18H,17H2,1-2H3. The molecule has 0 fully saturated rings. The van der Waals surface area contributed by atoms with Crippen molar-refractivity contribution in [2.24, 2.45) is 0 Å². The van der Waals surface area contributed by atoms with Gasteiger partial charge in [-0.05, 0) is 18.2 Å². The predicted molar refractivity (Wildman–Crippen MR) is 78.3 cm³/mol. The van der Waals surface area contributed by atoms with Gasteiger partial charge in [0, 0.05) is 7.05 Å². The third kappa shape index (κ3) is 2.89. The van der Waals surface area contributed by atoms with Crippen molar-refractivity contribution in [3.05, 3.63) is 47.8 Å². The van der Waals surface area contributed by atoms with Crippen LogP contribution in [0.15, 0.2) is 36.4 Å². The summed E-state index contributed by atoms with van der Waals surface area (Å²) in [5.74, 6) is -1.09. The summed E-state index contributed by atoms with van der Waals surface area (Å²) in [7, 11) is 2.88. The molecule has 5 nitrogen and oxygen atoms in total. The van der Waals surface area contributed by atoms with Crippen LogP contribution in [0.4, 0.5) is 15.8 Å². The quantitative estimate of drug-likeness (QED) is 0.514. The Labute approximate surface area is 121 Å². The number of halogens is 1. The van der Waals surface area contributed by atoms with Crippen molar-refractivity contribution in [1.82, 2.24) is 0 Å². The third-order valence-electron chi connectivity index (χ3n) is 2.91. The van der Waals surface area contributed by atoms with Gasteiger partial charge in [-0.3, -0.25) is 0 Å². The van der Waals surface area contributed by atoms with E-state index in [1.54, 1.807) is 30.3 Å². The topological polar surface area (TPSA) is 73.6 Å². The molecule has 0 aliphatic heterocycles. The molecule has 0 spiro atoms. The number of methoxy groups -OCH3 is 1. The van der Waals surface area contributed by atoms with Gasteiger partial charge in [-0.15, -0.1) is 0 Å². The van der Waals surface area contributed by atoms with Gasteiger partial charge in [0.05, 0.1) is 12.8 Å². The van der Waals surface area contributed by atoms with E-state index in [4.69, 9.17) is 15.2 Å². The van der Waals surface area contributed by atoms with E-state index in [1.807, 2.05) is 0 Å². The number of para-hydroxylation sites is 1. The molecule has 0 aliphatic rings. The number of hydrogen-bond donors (Lipinski definition) is 2. The second-order valence-corrected chi connectivity index (χ2v) is 4.18. The first-order chi connectivity index (χ1) is 10.1. The molecule has 3 N–H and O–H groups in total. The highest BCUT2D eigenvalue weighted by Gasteiger charge is 2.22. The second kappa shape index (κ2) is 6.13. The Morgan fingerprint density at radius 2 is 1.95 bits per heavy atom. The molecule has 21 heavy (non-hydrogen) atoms. The van der Waals surface area contributed by atoms with Gasteiger partial charge in [0.15, 0.2) is 5.82 Å². The summed E-state index contributed by atoms with van der Waals surface area (Å²) in [5, 5.41) is 2.61. The van der Waals surface area contributed by atoms with E-state index in [9.17, 15) is 9.18 Å². The molecule has 0 aliphatic carbocycles. The van der Waals surface area contributed by atoms with Gasteiger partial charge in [0.25, 0.3) is 0 Å². The minimum absolute atomic E-state index is 0.00522. The summed E-state index contributed by atoms with van der Waals surface area (Å²) < 4.78 is 24.5. The van der Waals surface area contributed by atoms with Crippen molar-refractivity contribution in [2.75, 3.05) is 25.2 Å². The van der Waals surface area contributed by atoms with E-state index >= 15 is 0 Å². The van der Waals surface area contributed by atoms with Crippen LogP contribution < -0.4 is 20.5 Å². The smallest absolute Gasteiger partial charge is 0.346 e. The Morgan fingerprint density at radius 1 is 1.29 bits per heavy atom. The van der Waals surface area contributed by atoms with Gasteiger partial charge in [0.2, 0.25) is 0 Å². The average Bonchev–Trinajstić information content (AvgIpc) is 2.49. The molecule has 0 bridgehead atoms. The molecular formula is C15H15FN2O3. The number of rotatable bonds is 4. The molecule has 0 saturated heterocycles. The van der Waals surface area contributed by atoms with Crippen LogP contribution in [0, 0.1) is 5.82 Å². The zero-order chi connectivity index (χ0) is 15.4. The third-order valence-corrected chi connectivity index (χ3v) is 2.91. The Balaban J connectivity index is 2.41. The molecule has 2 rings (SSSR count). The van der Waals surface area contributed by atoms with E-state index in [0.29, 0.717) is 5.75 Å². The van der Waals surface area contributed by atoms with Gasteiger partial charge in [-0.2, -0.15) is 0 Å². The van der Waals surface area contributed by atoms with Gasteiger partial charge in [-0.1, -0.05) is 18.2 Å². The Kier molecular flexibility index (Phi) is 4.27. The first kappa shape index (κ1) is 14.6.